The normalized spacial score (nSPS) is 13.4. The molecule has 18 heavy (non-hydrogen) atoms. The maximum absolute atomic E-state index is 12.2. The molecule has 1 aromatic carbocycles. The molecule has 1 rings (SSSR count). The van der Waals surface area contributed by atoms with E-state index in [1.54, 1.807) is 0 Å². The first-order valence-corrected chi connectivity index (χ1v) is 6.59. The van der Waals surface area contributed by atoms with E-state index < -0.39 is 5.41 Å². The molecule has 2 nitrogen and oxygen atoms in total. The maximum atomic E-state index is 12.2. The lowest BCUT2D eigenvalue weighted by Gasteiger charge is -2.26. The van der Waals surface area contributed by atoms with E-state index in [1.165, 1.54) is 0 Å². The summed E-state index contributed by atoms with van der Waals surface area (Å²) in [4.78, 5) is 12.2. The van der Waals surface area contributed by atoms with Gasteiger partial charge in [-0.2, -0.15) is 0 Å². The van der Waals surface area contributed by atoms with Crippen LogP contribution in [0.3, 0.4) is 0 Å². The molecule has 2 heteroatoms. The number of carbonyl (C=O) groups excluding carboxylic acids is 1. The summed E-state index contributed by atoms with van der Waals surface area (Å²) in [6, 6.07) is 9.83. The average Bonchev–Trinajstić information content (AvgIpc) is 2.28. The summed E-state index contributed by atoms with van der Waals surface area (Å²) in [5, 5.41) is 0. The summed E-state index contributed by atoms with van der Waals surface area (Å²) in [5.41, 5.74) is 0.614. The second-order valence-electron chi connectivity index (χ2n) is 5.94. The Kier molecular flexibility index (Phi) is 4.94. The Labute approximate surface area is 110 Å². The number of ether oxygens (including phenoxy) is 1. The smallest absolute Gasteiger partial charge is 0.312 e. The number of hydrogen-bond donors (Lipinski definition) is 0. The van der Waals surface area contributed by atoms with Gasteiger partial charge in [-0.1, -0.05) is 44.2 Å². The fraction of sp³-hybridized carbons (Fsp3) is 0.562. The second-order valence-corrected chi connectivity index (χ2v) is 5.94. The third kappa shape index (κ3) is 4.17. The van der Waals surface area contributed by atoms with Crippen LogP contribution in [0, 0.1) is 11.3 Å². The number of hydrogen-bond acceptors (Lipinski definition) is 2. The van der Waals surface area contributed by atoms with Gasteiger partial charge in [0.2, 0.25) is 0 Å². The van der Waals surface area contributed by atoms with Crippen molar-refractivity contribution in [3.05, 3.63) is 35.9 Å². The third-order valence-corrected chi connectivity index (χ3v) is 3.02. The minimum absolute atomic E-state index is 0.118. The van der Waals surface area contributed by atoms with Crippen LogP contribution in [0.25, 0.3) is 0 Å². The molecule has 1 aromatic rings. The van der Waals surface area contributed by atoms with Crippen molar-refractivity contribution >= 4 is 5.97 Å². The van der Waals surface area contributed by atoms with Gasteiger partial charge in [0, 0.05) is 0 Å². The molecule has 100 valence electrons. The number of benzene rings is 1. The molecular weight excluding hydrogens is 224 g/mol. The first kappa shape index (κ1) is 14.7. The summed E-state index contributed by atoms with van der Waals surface area (Å²) in [5.74, 6) is 0.368. The highest BCUT2D eigenvalue weighted by molar-refractivity contribution is 5.76. The number of esters is 1. The van der Waals surface area contributed by atoms with Crippen molar-refractivity contribution in [2.75, 3.05) is 0 Å². The van der Waals surface area contributed by atoms with E-state index >= 15 is 0 Å². The van der Waals surface area contributed by atoms with Gasteiger partial charge in [-0.3, -0.25) is 4.79 Å². The average molecular weight is 248 g/mol. The molecule has 0 aliphatic heterocycles. The Balaban J connectivity index is 2.65. The van der Waals surface area contributed by atoms with Crippen LogP contribution in [0.4, 0.5) is 0 Å². The summed E-state index contributed by atoms with van der Waals surface area (Å²) >= 11 is 0. The van der Waals surface area contributed by atoms with Crippen molar-refractivity contribution in [3.63, 3.8) is 0 Å². The van der Waals surface area contributed by atoms with Crippen LogP contribution in [0.2, 0.25) is 0 Å². The largest absolute Gasteiger partial charge is 0.457 e. The molecule has 0 heterocycles. The molecule has 0 radical (unpaired) electrons. The molecule has 0 fully saturated rings. The first-order valence-electron chi connectivity index (χ1n) is 6.59. The minimum Gasteiger partial charge on any atom is -0.457 e. The highest BCUT2D eigenvalue weighted by atomic mass is 16.5. The van der Waals surface area contributed by atoms with Gasteiger partial charge < -0.3 is 4.74 Å². The van der Waals surface area contributed by atoms with E-state index in [0.29, 0.717) is 5.92 Å². The molecule has 0 N–H and O–H groups in total. The molecule has 0 aromatic heterocycles. The lowest BCUT2D eigenvalue weighted by Crippen LogP contribution is -2.29. The van der Waals surface area contributed by atoms with E-state index in [1.807, 2.05) is 51.1 Å². The SMILES string of the molecule is CC(C)CC(C)(C)C(=O)OC(C)c1ccccc1. The fourth-order valence-corrected chi connectivity index (χ4v) is 2.22. The van der Waals surface area contributed by atoms with Crippen LogP contribution in [-0.4, -0.2) is 5.97 Å². The molecule has 0 bridgehead atoms. The highest BCUT2D eigenvalue weighted by Gasteiger charge is 2.31. The van der Waals surface area contributed by atoms with Gasteiger partial charge in [0.1, 0.15) is 6.10 Å². The summed E-state index contributed by atoms with van der Waals surface area (Å²) in [6.07, 6.45) is 0.651. The Hall–Kier alpha value is -1.31. The lowest BCUT2D eigenvalue weighted by molar-refractivity contribution is -0.160. The van der Waals surface area contributed by atoms with Crippen molar-refractivity contribution in [2.45, 2.75) is 47.1 Å². The lowest BCUT2D eigenvalue weighted by atomic mass is 9.84. The maximum Gasteiger partial charge on any atom is 0.312 e. The Morgan fingerprint density at radius 1 is 1.17 bits per heavy atom. The second kappa shape index (κ2) is 6.03. The standard InChI is InChI=1S/C16H24O2/c1-12(2)11-16(4,5)15(17)18-13(3)14-9-7-6-8-10-14/h6-10,12-13H,11H2,1-5H3. The van der Waals surface area contributed by atoms with E-state index in [0.717, 1.165) is 12.0 Å². The van der Waals surface area contributed by atoms with Gasteiger partial charge in [0.15, 0.2) is 0 Å². The van der Waals surface area contributed by atoms with Crippen molar-refractivity contribution in [1.29, 1.82) is 0 Å². The van der Waals surface area contributed by atoms with Gasteiger partial charge in [-0.25, -0.2) is 0 Å². The zero-order chi connectivity index (χ0) is 13.8. The summed E-state index contributed by atoms with van der Waals surface area (Å²) < 4.78 is 5.56. The highest BCUT2D eigenvalue weighted by Crippen LogP contribution is 2.29. The van der Waals surface area contributed by atoms with Crippen LogP contribution in [0.5, 0.6) is 0 Å². The fourth-order valence-electron chi connectivity index (χ4n) is 2.22. The van der Waals surface area contributed by atoms with E-state index in [4.69, 9.17) is 4.74 Å². The van der Waals surface area contributed by atoms with Crippen molar-refractivity contribution in [1.82, 2.24) is 0 Å². The van der Waals surface area contributed by atoms with E-state index in [2.05, 4.69) is 13.8 Å². The quantitative estimate of drug-likeness (QED) is 0.723. The summed E-state index contributed by atoms with van der Waals surface area (Å²) in [7, 11) is 0. The zero-order valence-corrected chi connectivity index (χ0v) is 12.1. The van der Waals surface area contributed by atoms with Gasteiger partial charge in [-0.15, -0.1) is 0 Å². The van der Waals surface area contributed by atoms with Gasteiger partial charge >= 0.3 is 5.97 Å². The van der Waals surface area contributed by atoms with Gasteiger partial charge in [0.25, 0.3) is 0 Å². The molecule has 0 spiro atoms. The zero-order valence-electron chi connectivity index (χ0n) is 12.1. The third-order valence-electron chi connectivity index (χ3n) is 3.02. The molecule has 0 amide bonds. The molecule has 1 unspecified atom stereocenters. The number of carbonyl (C=O) groups is 1. The first-order chi connectivity index (χ1) is 8.33. The van der Waals surface area contributed by atoms with E-state index in [-0.39, 0.29) is 12.1 Å². The van der Waals surface area contributed by atoms with Crippen molar-refractivity contribution in [3.8, 4) is 0 Å². The van der Waals surface area contributed by atoms with Crippen molar-refractivity contribution in [2.24, 2.45) is 11.3 Å². The predicted molar refractivity (Wildman–Crippen MR) is 74.2 cm³/mol. The predicted octanol–water partition coefficient (Wildman–Crippen LogP) is 4.36. The molecule has 0 aliphatic rings. The van der Waals surface area contributed by atoms with E-state index in [9.17, 15) is 4.79 Å². The molecule has 0 aliphatic carbocycles. The van der Waals surface area contributed by atoms with Crippen molar-refractivity contribution < 1.29 is 9.53 Å². The molecular formula is C16H24O2. The Bertz CT molecular complexity index is 379. The summed E-state index contributed by atoms with van der Waals surface area (Å²) in [6.45, 7) is 10.1. The molecule has 1 atom stereocenters. The van der Waals surface area contributed by atoms with Gasteiger partial charge in [-0.05, 0) is 38.7 Å². The van der Waals surface area contributed by atoms with Crippen LogP contribution in [0.15, 0.2) is 30.3 Å². The molecule has 0 saturated carbocycles. The van der Waals surface area contributed by atoms with Crippen LogP contribution in [-0.2, 0) is 9.53 Å². The van der Waals surface area contributed by atoms with Gasteiger partial charge in [0.05, 0.1) is 5.41 Å². The van der Waals surface area contributed by atoms with Crippen LogP contribution >= 0.6 is 0 Å². The van der Waals surface area contributed by atoms with Crippen LogP contribution < -0.4 is 0 Å². The minimum atomic E-state index is -0.419. The van der Waals surface area contributed by atoms with Crippen LogP contribution in [0.1, 0.15) is 52.7 Å². The monoisotopic (exact) mass is 248 g/mol. The number of rotatable bonds is 5. The topological polar surface area (TPSA) is 26.3 Å². The Morgan fingerprint density at radius 3 is 2.22 bits per heavy atom. The molecule has 0 saturated heterocycles. The Morgan fingerprint density at radius 2 is 1.72 bits per heavy atom.